The van der Waals surface area contributed by atoms with E-state index in [1.807, 2.05) is 0 Å². The monoisotopic (exact) mass is 293 g/mol. The van der Waals surface area contributed by atoms with E-state index in [0.29, 0.717) is 11.3 Å². The van der Waals surface area contributed by atoms with Gasteiger partial charge in [-0.05, 0) is 18.1 Å². The number of thiophene rings is 1. The first kappa shape index (κ1) is 15.1. The summed E-state index contributed by atoms with van der Waals surface area (Å²) in [4.78, 5) is 10.6. The number of carboxylic acids is 1. The molecule has 1 aromatic rings. The van der Waals surface area contributed by atoms with Crippen LogP contribution in [0.4, 0.5) is 0 Å². The number of sulfonamides is 1. The Labute approximate surface area is 109 Å². The molecule has 1 aromatic heterocycles. The summed E-state index contributed by atoms with van der Waals surface area (Å²) in [7, 11) is -3.78. The van der Waals surface area contributed by atoms with E-state index in [4.69, 9.17) is 10.2 Å². The third kappa shape index (κ3) is 3.52. The average molecular weight is 293 g/mol. The van der Waals surface area contributed by atoms with E-state index in [2.05, 4.69) is 4.72 Å². The zero-order valence-electron chi connectivity index (χ0n) is 9.95. The van der Waals surface area contributed by atoms with Gasteiger partial charge in [-0.1, -0.05) is 13.8 Å². The summed E-state index contributed by atoms with van der Waals surface area (Å²) in [6, 6.07) is 1.89. The molecular formula is C10H15NO5S2. The van der Waals surface area contributed by atoms with Crippen molar-refractivity contribution in [3.8, 4) is 0 Å². The van der Waals surface area contributed by atoms with Crippen LogP contribution in [-0.4, -0.2) is 37.2 Å². The first-order chi connectivity index (χ1) is 8.27. The van der Waals surface area contributed by atoms with Crippen LogP contribution in [0.5, 0.6) is 0 Å². The van der Waals surface area contributed by atoms with Crippen LogP contribution >= 0.6 is 11.3 Å². The summed E-state index contributed by atoms with van der Waals surface area (Å²) in [5, 5.41) is 17.8. The molecule has 0 bridgehead atoms. The van der Waals surface area contributed by atoms with E-state index >= 15 is 0 Å². The fraction of sp³-hybridized carbons (Fsp3) is 0.500. The molecule has 1 rings (SSSR count). The Morgan fingerprint density at radius 1 is 1.44 bits per heavy atom. The van der Waals surface area contributed by atoms with Gasteiger partial charge in [0.15, 0.2) is 0 Å². The first-order valence-electron chi connectivity index (χ1n) is 5.24. The van der Waals surface area contributed by atoms with Crippen molar-refractivity contribution in [2.24, 2.45) is 5.92 Å². The van der Waals surface area contributed by atoms with Gasteiger partial charge >= 0.3 is 5.97 Å². The summed E-state index contributed by atoms with van der Waals surface area (Å²) >= 11 is 0.680. The van der Waals surface area contributed by atoms with Gasteiger partial charge in [-0.25, -0.2) is 17.9 Å². The van der Waals surface area contributed by atoms with Gasteiger partial charge in [0.25, 0.3) is 0 Å². The molecule has 0 spiro atoms. The van der Waals surface area contributed by atoms with Gasteiger partial charge in [0.1, 0.15) is 9.09 Å². The molecule has 18 heavy (non-hydrogen) atoms. The number of carboxylic acid groups (broad SMARTS) is 1. The maximum absolute atomic E-state index is 11.9. The maximum Gasteiger partial charge on any atom is 0.345 e. The molecule has 0 aliphatic rings. The summed E-state index contributed by atoms with van der Waals surface area (Å²) in [5.41, 5.74) is 0. The van der Waals surface area contributed by atoms with Crippen molar-refractivity contribution >= 4 is 27.3 Å². The Morgan fingerprint density at radius 3 is 2.44 bits per heavy atom. The Bertz CT molecular complexity index is 520. The lowest BCUT2D eigenvalue weighted by atomic mass is 10.1. The van der Waals surface area contributed by atoms with Gasteiger partial charge < -0.3 is 10.2 Å². The molecule has 0 aliphatic heterocycles. The van der Waals surface area contributed by atoms with Crippen molar-refractivity contribution < 1.29 is 23.4 Å². The van der Waals surface area contributed by atoms with E-state index in [9.17, 15) is 13.2 Å². The Balaban J connectivity index is 2.95. The summed E-state index contributed by atoms with van der Waals surface area (Å²) in [5.74, 6) is -1.23. The lowest BCUT2D eigenvalue weighted by Gasteiger charge is -2.19. The molecule has 0 saturated heterocycles. The number of aromatic carboxylic acids is 1. The molecule has 1 atom stereocenters. The van der Waals surface area contributed by atoms with Crippen molar-refractivity contribution in [3.05, 3.63) is 17.0 Å². The molecule has 6 nitrogen and oxygen atoms in total. The molecular weight excluding hydrogens is 278 g/mol. The predicted molar refractivity (Wildman–Crippen MR) is 67.3 cm³/mol. The van der Waals surface area contributed by atoms with Crippen molar-refractivity contribution in [2.75, 3.05) is 6.61 Å². The Hall–Kier alpha value is -0.960. The Morgan fingerprint density at radius 2 is 2.06 bits per heavy atom. The second-order valence-electron chi connectivity index (χ2n) is 4.08. The van der Waals surface area contributed by atoms with Gasteiger partial charge in [-0.2, -0.15) is 0 Å². The molecule has 3 N–H and O–H groups in total. The van der Waals surface area contributed by atoms with Gasteiger partial charge in [-0.15, -0.1) is 11.3 Å². The highest BCUT2D eigenvalue weighted by Crippen LogP contribution is 2.22. The molecule has 0 unspecified atom stereocenters. The van der Waals surface area contributed by atoms with E-state index in [0.717, 1.165) is 0 Å². The third-order valence-corrected chi connectivity index (χ3v) is 5.42. The van der Waals surface area contributed by atoms with E-state index < -0.39 is 22.0 Å². The SMILES string of the molecule is CC(C)[C@@H](CO)NS(=O)(=O)c1ccc(C(=O)O)s1. The molecule has 0 radical (unpaired) electrons. The number of nitrogens with one attached hydrogen (secondary N) is 1. The highest BCUT2D eigenvalue weighted by Gasteiger charge is 2.24. The minimum Gasteiger partial charge on any atom is -0.477 e. The lowest BCUT2D eigenvalue weighted by molar-refractivity contribution is 0.0702. The number of carbonyl (C=O) groups is 1. The van der Waals surface area contributed by atoms with Crippen LogP contribution in [0.2, 0.25) is 0 Å². The topological polar surface area (TPSA) is 104 Å². The molecule has 0 aliphatic carbocycles. The Kier molecular flexibility index (Phi) is 4.85. The molecule has 8 heteroatoms. The first-order valence-corrected chi connectivity index (χ1v) is 7.54. The summed E-state index contributed by atoms with van der Waals surface area (Å²) in [6.07, 6.45) is 0. The number of aliphatic hydroxyl groups excluding tert-OH is 1. The molecule has 0 fully saturated rings. The number of rotatable bonds is 6. The minimum absolute atomic E-state index is 0.0412. The standard InChI is InChI=1S/C10H15NO5S2/c1-6(2)7(5-12)11-18(15,16)9-4-3-8(17-9)10(13)14/h3-4,6-7,11-12H,5H2,1-2H3,(H,13,14)/t7-/m1/s1. The number of aliphatic hydroxyl groups is 1. The van der Waals surface area contributed by atoms with Gasteiger partial charge in [-0.3, -0.25) is 0 Å². The van der Waals surface area contributed by atoms with E-state index in [-0.39, 0.29) is 21.6 Å². The smallest absolute Gasteiger partial charge is 0.345 e. The fourth-order valence-corrected chi connectivity index (χ4v) is 3.76. The average Bonchev–Trinajstić information content (AvgIpc) is 2.75. The zero-order chi connectivity index (χ0) is 13.9. The van der Waals surface area contributed by atoms with Crippen LogP contribution in [0.15, 0.2) is 16.3 Å². The molecule has 1 heterocycles. The largest absolute Gasteiger partial charge is 0.477 e. The summed E-state index contributed by atoms with van der Waals surface area (Å²) in [6.45, 7) is 3.25. The van der Waals surface area contributed by atoms with Crippen LogP contribution in [0.3, 0.4) is 0 Å². The number of hydrogen-bond donors (Lipinski definition) is 3. The van der Waals surface area contributed by atoms with Crippen LogP contribution in [0.25, 0.3) is 0 Å². The molecule has 102 valence electrons. The molecule has 0 aromatic carbocycles. The second kappa shape index (κ2) is 5.79. The third-order valence-electron chi connectivity index (χ3n) is 2.36. The van der Waals surface area contributed by atoms with Crippen molar-refractivity contribution in [1.29, 1.82) is 0 Å². The van der Waals surface area contributed by atoms with Crippen molar-refractivity contribution in [2.45, 2.75) is 24.1 Å². The van der Waals surface area contributed by atoms with Crippen LogP contribution in [0.1, 0.15) is 23.5 Å². The second-order valence-corrected chi connectivity index (χ2v) is 7.10. The zero-order valence-corrected chi connectivity index (χ0v) is 11.6. The van der Waals surface area contributed by atoms with E-state index in [1.165, 1.54) is 12.1 Å². The van der Waals surface area contributed by atoms with Crippen LogP contribution in [-0.2, 0) is 10.0 Å². The quantitative estimate of drug-likeness (QED) is 0.717. The fourth-order valence-electron chi connectivity index (χ4n) is 1.22. The maximum atomic E-state index is 11.9. The van der Waals surface area contributed by atoms with Gasteiger partial charge in [0.05, 0.1) is 6.61 Å². The van der Waals surface area contributed by atoms with Gasteiger partial charge in [0.2, 0.25) is 10.0 Å². The predicted octanol–water partition coefficient (Wildman–Crippen LogP) is 0.742. The highest BCUT2D eigenvalue weighted by molar-refractivity contribution is 7.91. The highest BCUT2D eigenvalue weighted by atomic mass is 32.2. The van der Waals surface area contributed by atoms with Gasteiger partial charge in [0, 0.05) is 6.04 Å². The normalized spacial score (nSPS) is 13.8. The van der Waals surface area contributed by atoms with Crippen molar-refractivity contribution in [1.82, 2.24) is 4.72 Å². The lowest BCUT2D eigenvalue weighted by Crippen LogP contribution is -2.40. The van der Waals surface area contributed by atoms with Crippen LogP contribution < -0.4 is 4.72 Å². The van der Waals surface area contributed by atoms with Crippen LogP contribution in [0, 0.1) is 5.92 Å². The van der Waals surface area contributed by atoms with E-state index in [1.54, 1.807) is 13.8 Å². The molecule has 0 amide bonds. The summed E-state index contributed by atoms with van der Waals surface area (Å²) < 4.78 is 26.2. The van der Waals surface area contributed by atoms with Crippen molar-refractivity contribution in [3.63, 3.8) is 0 Å². The number of hydrogen-bond acceptors (Lipinski definition) is 5. The minimum atomic E-state index is -3.78. The molecule has 0 saturated carbocycles.